The van der Waals surface area contributed by atoms with Crippen LogP contribution in [0.5, 0.6) is 0 Å². The van der Waals surface area contributed by atoms with Gasteiger partial charge in [0.2, 0.25) is 0 Å². The Morgan fingerprint density at radius 1 is 1.00 bits per heavy atom. The van der Waals surface area contributed by atoms with Gasteiger partial charge < -0.3 is 4.98 Å². The molecule has 0 radical (unpaired) electrons. The fourth-order valence-electron chi connectivity index (χ4n) is 1.90. The van der Waals surface area contributed by atoms with Crippen LogP contribution < -0.4 is 0 Å². The lowest BCUT2D eigenvalue weighted by atomic mass is 10.1. The fraction of sp³-hybridized carbons (Fsp3) is 0. The van der Waals surface area contributed by atoms with Gasteiger partial charge in [-0.2, -0.15) is 0 Å². The van der Waals surface area contributed by atoms with Crippen molar-refractivity contribution in [1.82, 2.24) is 4.98 Å². The van der Waals surface area contributed by atoms with E-state index in [0.717, 1.165) is 31.3 Å². The summed E-state index contributed by atoms with van der Waals surface area (Å²) in [5.41, 5.74) is 1.99. The Labute approximate surface area is 110 Å². The molecule has 0 saturated heterocycles. The van der Waals surface area contributed by atoms with E-state index in [1.165, 1.54) is 0 Å². The zero-order chi connectivity index (χ0) is 11.3. The molecule has 3 rings (SSSR count). The quantitative estimate of drug-likeness (QED) is 0.572. The molecule has 80 valence electrons. The van der Waals surface area contributed by atoms with E-state index in [4.69, 9.17) is 23.2 Å². The van der Waals surface area contributed by atoms with Crippen molar-refractivity contribution in [3.63, 3.8) is 0 Å². The number of fused-ring (bicyclic) bond motifs is 3. The summed E-state index contributed by atoms with van der Waals surface area (Å²) in [4.78, 5) is 3.29. The Bertz CT molecular complexity index is 703. The Hall–Kier alpha value is -0.700. The second-order valence-corrected chi connectivity index (χ2v) is 5.38. The van der Waals surface area contributed by atoms with E-state index in [0.29, 0.717) is 5.02 Å². The molecule has 0 amide bonds. The van der Waals surface area contributed by atoms with Crippen molar-refractivity contribution < 1.29 is 0 Å². The third kappa shape index (κ3) is 1.53. The molecule has 1 nitrogen and oxygen atoms in total. The van der Waals surface area contributed by atoms with Gasteiger partial charge in [0.15, 0.2) is 0 Å². The first-order chi connectivity index (χ1) is 7.65. The molecule has 1 heterocycles. The molecule has 0 spiro atoms. The van der Waals surface area contributed by atoms with Crippen LogP contribution in [0.3, 0.4) is 0 Å². The van der Waals surface area contributed by atoms with Crippen molar-refractivity contribution in [2.45, 2.75) is 0 Å². The van der Waals surface area contributed by atoms with Crippen LogP contribution in [0, 0.1) is 0 Å². The molecule has 0 saturated carbocycles. The molecule has 4 heteroatoms. The van der Waals surface area contributed by atoms with Crippen LogP contribution in [0.25, 0.3) is 21.8 Å². The van der Waals surface area contributed by atoms with E-state index in [-0.39, 0.29) is 0 Å². The van der Waals surface area contributed by atoms with Crippen LogP contribution >= 0.6 is 39.1 Å². The van der Waals surface area contributed by atoms with Crippen LogP contribution in [0.2, 0.25) is 10.0 Å². The van der Waals surface area contributed by atoms with Crippen molar-refractivity contribution in [2.24, 2.45) is 0 Å². The maximum Gasteiger partial charge on any atom is 0.0658 e. The molecule has 0 atom stereocenters. The van der Waals surface area contributed by atoms with Crippen molar-refractivity contribution in [3.8, 4) is 0 Å². The third-order valence-electron chi connectivity index (χ3n) is 2.59. The normalized spacial score (nSPS) is 11.4. The highest BCUT2D eigenvalue weighted by molar-refractivity contribution is 9.10. The van der Waals surface area contributed by atoms with E-state index >= 15 is 0 Å². The summed E-state index contributed by atoms with van der Waals surface area (Å²) in [6.45, 7) is 0. The first-order valence-electron chi connectivity index (χ1n) is 4.71. The molecular weight excluding hydrogens is 309 g/mol. The summed E-state index contributed by atoms with van der Waals surface area (Å²) >= 11 is 15.6. The van der Waals surface area contributed by atoms with Crippen molar-refractivity contribution in [1.29, 1.82) is 0 Å². The van der Waals surface area contributed by atoms with Crippen LogP contribution in [0.15, 0.2) is 34.8 Å². The van der Waals surface area contributed by atoms with Crippen molar-refractivity contribution in [3.05, 3.63) is 44.8 Å². The van der Waals surface area contributed by atoms with Crippen molar-refractivity contribution >= 4 is 60.9 Å². The number of aromatic amines is 1. The predicted molar refractivity (Wildman–Crippen MR) is 73.5 cm³/mol. The highest BCUT2D eigenvalue weighted by Gasteiger charge is 2.08. The summed E-state index contributed by atoms with van der Waals surface area (Å²) < 4.78 is 0.964. The number of hydrogen-bond acceptors (Lipinski definition) is 0. The summed E-state index contributed by atoms with van der Waals surface area (Å²) in [6.07, 6.45) is 0. The van der Waals surface area contributed by atoms with E-state index < -0.39 is 0 Å². The van der Waals surface area contributed by atoms with Gasteiger partial charge in [-0.15, -0.1) is 0 Å². The SMILES string of the molecule is Clc1ccc2[nH]c3c(Cl)cc(Br)cc3c2c1. The predicted octanol–water partition coefficient (Wildman–Crippen LogP) is 5.39. The van der Waals surface area contributed by atoms with Gasteiger partial charge in [-0.1, -0.05) is 39.1 Å². The summed E-state index contributed by atoms with van der Waals surface area (Å²) in [5, 5.41) is 3.60. The van der Waals surface area contributed by atoms with Gasteiger partial charge in [-0.3, -0.25) is 0 Å². The molecule has 0 unspecified atom stereocenters. The Kier molecular flexibility index (Phi) is 2.39. The summed E-state index contributed by atoms with van der Waals surface area (Å²) in [5.74, 6) is 0. The van der Waals surface area contributed by atoms with Gasteiger partial charge in [0.05, 0.1) is 10.5 Å². The Balaban J connectivity index is 2.57. The Morgan fingerprint density at radius 3 is 2.62 bits per heavy atom. The monoisotopic (exact) mass is 313 g/mol. The number of benzene rings is 2. The minimum absolute atomic E-state index is 0.705. The van der Waals surface area contributed by atoms with Gasteiger partial charge in [0, 0.05) is 25.8 Å². The second-order valence-electron chi connectivity index (χ2n) is 3.63. The second kappa shape index (κ2) is 3.66. The molecular formula is C12H6BrCl2N. The van der Waals surface area contributed by atoms with Gasteiger partial charge in [-0.05, 0) is 30.3 Å². The third-order valence-corrected chi connectivity index (χ3v) is 3.58. The van der Waals surface area contributed by atoms with Crippen molar-refractivity contribution in [2.75, 3.05) is 0 Å². The highest BCUT2D eigenvalue weighted by atomic mass is 79.9. The molecule has 0 fully saturated rings. The average molecular weight is 315 g/mol. The minimum atomic E-state index is 0.705. The molecule has 2 aromatic carbocycles. The van der Waals surface area contributed by atoms with Gasteiger partial charge >= 0.3 is 0 Å². The van der Waals surface area contributed by atoms with Gasteiger partial charge in [0.1, 0.15) is 0 Å². The average Bonchev–Trinajstić information content (AvgIpc) is 2.57. The number of rotatable bonds is 0. The van der Waals surface area contributed by atoms with E-state index in [2.05, 4.69) is 20.9 Å². The molecule has 0 bridgehead atoms. The topological polar surface area (TPSA) is 15.8 Å². The summed E-state index contributed by atoms with van der Waals surface area (Å²) in [6, 6.07) is 9.68. The molecule has 0 aliphatic rings. The minimum Gasteiger partial charge on any atom is -0.353 e. The van der Waals surface area contributed by atoms with Crippen LogP contribution in [0.1, 0.15) is 0 Å². The number of hydrogen-bond donors (Lipinski definition) is 1. The molecule has 1 N–H and O–H groups in total. The zero-order valence-corrected chi connectivity index (χ0v) is 11.1. The Morgan fingerprint density at radius 2 is 1.81 bits per heavy atom. The first kappa shape index (κ1) is 10.5. The molecule has 0 aliphatic carbocycles. The number of halogens is 3. The lowest BCUT2D eigenvalue weighted by Gasteiger charge is -1.96. The number of nitrogens with one attached hydrogen (secondary N) is 1. The van der Waals surface area contributed by atoms with Gasteiger partial charge in [0.25, 0.3) is 0 Å². The molecule has 1 aromatic heterocycles. The van der Waals surface area contributed by atoms with E-state index in [1.807, 2.05) is 30.3 Å². The molecule has 0 aliphatic heterocycles. The highest BCUT2D eigenvalue weighted by Crippen LogP contribution is 2.34. The number of aromatic nitrogens is 1. The standard InChI is InChI=1S/C12H6BrCl2N/c13-6-3-9-8-5-7(14)1-2-11(8)16-12(9)10(15)4-6/h1-5,16H. The van der Waals surface area contributed by atoms with Crippen LogP contribution in [0.4, 0.5) is 0 Å². The molecule has 3 aromatic rings. The zero-order valence-electron chi connectivity index (χ0n) is 8.02. The lowest BCUT2D eigenvalue weighted by Crippen LogP contribution is -1.71. The van der Waals surface area contributed by atoms with E-state index in [9.17, 15) is 0 Å². The first-order valence-corrected chi connectivity index (χ1v) is 6.26. The largest absolute Gasteiger partial charge is 0.353 e. The molecule has 16 heavy (non-hydrogen) atoms. The van der Waals surface area contributed by atoms with Crippen LogP contribution in [-0.4, -0.2) is 4.98 Å². The lowest BCUT2D eigenvalue weighted by molar-refractivity contribution is 1.54. The van der Waals surface area contributed by atoms with Gasteiger partial charge in [-0.25, -0.2) is 0 Å². The maximum atomic E-state index is 6.18. The number of H-pyrrole nitrogens is 1. The smallest absolute Gasteiger partial charge is 0.0658 e. The maximum absolute atomic E-state index is 6.18. The van der Waals surface area contributed by atoms with Crippen LogP contribution in [-0.2, 0) is 0 Å². The summed E-state index contributed by atoms with van der Waals surface area (Å²) in [7, 11) is 0. The van der Waals surface area contributed by atoms with E-state index in [1.54, 1.807) is 0 Å². The fourth-order valence-corrected chi connectivity index (χ4v) is 2.92.